The van der Waals surface area contributed by atoms with Crippen molar-refractivity contribution in [2.75, 3.05) is 0 Å². The monoisotopic (exact) mass is 188 g/mol. The lowest BCUT2D eigenvalue weighted by molar-refractivity contribution is 0.279. The molecule has 0 atom stereocenters. The van der Waals surface area contributed by atoms with Crippen molar-refractivity contribution in [1.29, 1.82) is 0 Å². The summed E-state index contributed by atoms with van der Waals surface area (Å²) in [7, 11) is 0. The van der Waals surface area contributed by atoms with Crippen LogP contribution in [0.1, 0.15) is 40.7 Å². The molecule has 1 aromatic carbocycles. The van der Waals surface area contributed by atoms with E-state index in [1.165, 1.54) is 66.3 Å². The van der Waals surface area contributed by atoms with Gasteiger partial charge >= 0.3 is 0 Å². The minimum atomic E-state index is 0.255. The second-order valence-electron chi connectivity index (χ2n) is 4.50. The molecule has 0 saturated heterocycles. The van der Waals surface area contributed by atoms with Crippen LogP contribution in [-0.2, 0) is 32.3 Å². The minimum Gasteiger partial charge on any atom is -0.392 e. The summed E-state index contributed by atoms with van der Waals surface area (Å²) >= 11 is 0. The van der Waals surface area contributed by atoms with Crippen molar-refractivity contribution < 1.29 is 5.11 Å². The van der Waals surface area contributed by atoms with E-state index in [-0.39, 0.29) is 6.61 Å². The largest absolute Gasteiger partial charge is 0.392 e. The van der Waals surface area contributed by atoms with Gasteiger partial charge in [0, 0.05) is 0 Å². The van der Waals surface area contributed by atoms with Crippen LogP contribution in [0.3, 0.4) is 0 Å². The number of aliphatic hydroxyl groups excluding tert-OH is 1. The molecule has 0 heterocycles. The SMILES string of the molecule is OCc1c2c(cc3c1CCC3)CCC2. The van der Waals surface area contributed by atoms with Gasteiger partial charge in [-0.1, -0.05) is 6.07 Å². The summed E-state index contributed by atoms with van der Waals surface area (Å²) < 4.78 is 0. The Morgan fingerprint density at radius 3 is 2.00 bits per heavy atom. The summed E-state index contributed by atoms with van der Waals surface area (Å²) in [6.45, 7) is 0.255. The van der Waals surface area contributed by atoms with Crippen LogP contribution in [0.25, 0.3) is 0 Å². The quantitative estimate of drug-likeness (QED) is 0.716. The third-order valence-corrected chi connectivity index (χ3v) is 3.76. The fourth-order valence-electron chi connectivity index (χ4n) is 3.13. The smallest absolute Gasteiger partial charge is 0.0687 e. The highest BCUT2D eigenvalue weighted by Crippen LogP contribution is 2.34. The first-order valence-corrected chi connectivity index (χ1v) is 5.66. The molecule has 2 aliphatic rings. The molecule has 74 valence electrons. The first-order chi connectivity index (χ1) is 6.90. The van der Waals surface area contributed by atoms with Gasteiger partial charge in [-0.25, -0.2) is 0 Å². The molecule has 1 N–H and O–H groups in total. The van der Waals surface area contributed by atoms with E-state index in [1.54, 1.807) is 0 Å². The zero-order valence-corrected chi connectivity index (χ0v) is 8.47. The molecule has 1 heteroatoms. The van der Waals surface area contributed by atoms with Crippen LogP contribution in [0.2, 0.25) is 0 Å². The number of rotatable bonds is 1. The van der Waals surface area contributed by atoms with E-state index in [0.717, 1.165) is 0 Å². The van der Waals surface area contributed by atoms with Crippen LogP contribution in [0.15, 0.2) is 6.07 Å². The average Bonchev–Trinajstić information content (AvgIpc) is 2.80. The van der Waals surface area contributed by atoms with Gasteiger partial charge in [-0.2, -0.15) is 0 Å². The highest BCUT2D eigenvalue weighted by Gasteiger charge is 2.22. The number of fused-ring (bicyclic) bond motifs is 2. The Labute approximate surface area is 84.8 Å². The second-order valence-corrected chi connectivity index (χ2v) is 4.50. The van der Waals surface area contributed by atoms with Crippen LogP contribution >= 0.6 is 0 Å². The third kappa shape index (κ3) is 1.05. The van der Waals surface area contributed by atoms with Crippen LogP contribution in [0.4, 0.5) is 0 Å². The Bertz CT molecular complexity index is 347. The lowest BCUT2D eigenvalue weighted by Gasteiger charge is -2.12. The molecule has 0 amide bonds. The molecule has 0 spiro atoms. The van der Waals surface area contributed by atoms with E-state index in [0.29, 0.717) is 0 Å². The summed E-state index contributed by atoms with van der Waals surface area (Å²) in [5.41, 5.74) is 7.29. The number of benzene rings is 1. The van der Waals surface area contributed by atoms with E-state index in [2.05, 4.69) is 6.07 Å². The third-order valence-electron chi connectivity index (χ3n) is 3.76. The fraction of sp³-hybridized carbons (Fsp3) is 0.538. The predicted molar refractivity (Wildman–Crippen MR) is 56.4 cm³/mol. The van der Waals surface area contributed by atoms with Crippen LogP contribution in [-0.4, -0.2) is 5.11 Å². The second kappa shape index (κ2) is 3.09. The molecule has 0 saturated carbocycles. The maximum Gasteiger partial charge on any atom is 0.0687 e. The fourth-order valence-corrected chi connectivity index (χ4v) is 3.13. The van der Waals surface area contributed by atoms with Crippen LogP contribution < -0.4 is 0 Å². The summed E-state index contributed by atoms with van der Waals surface area (Å²) in [6.07, 6.45) is 7.42. The Hall–Kier alpha value is -0.820. The Kier molecular flexibility index (Phi) is 1.88. The Morgan fingerprint density at radius 1 is 0.929 bits per heavy atom. The minimum absolute atomic E-state index is 0.255. The van der Waals surface area contributed by atoms with Crippen molar-refractivity contribution in [3.05, 3.63) is 33.9 Å². The molecule has 3 rings (SSSR count). The van der Waals surface area contributed by atoms with Gasteiger partial charge in [0.1, 0.15) is 0 Å². The summed E-state index contributed by atoms with van der Waals surface area (Å²) in [5.74, 6) is 0. The highest BCUT2D eigenvalue weighted by molar-refractivity contribution is 5.49. The molecule has 1 nitrogen and oxygen atoms in total. The molecule has 14 heavy (non-hydrogen) atoms. The van der Waals surface area contributed by atoms with E-state index in [4.69, 9.17) is 0 Å². The van der Waals surface area contributed by atoms with E-state index in [9.17, 15) is 5.11 Å². The summed E-state index contributed by atoms with van der Waals surface area (Å²) in [4.78, 5) is 0. The zero-order chi connectivity index (χ0) is 9.54. The van der Waals surface area contributed by atoms with Gasteiger partial charge in [-0.05, 0) is 66.3 Å². The molecule has 0 aliphatic heterocycles. The molecule has 1 aromatic rings. The maximum absolute atomic E-state index is 9.47. The number of hydrogen-bond acceptors (Lipinski definition) is 1. The number of aryl methyl sites for hydroxylation is 2. The summed E-state index contributed by atoms with van der Waals surface area (Å²) in [5, 5.41) is 9.47. The predicted octanol–water partition coefficient (Wildman–Crippen LogP) is 2.16. The maximum atomic E-state index is 9.47. The number of aliphatic hydroxyl groups is 1. The van der Waals surface area contributed by atoms with E-state index in [1.807, 2.05) is 0 Å². The van der Waals surface area contributed by atoms with Crippen molar-refractivity contribution in [2.45, 2.75) is 45.1 Å². The lowest BCUT2D eigenvalue weighted by atomic mass is 9.95. The molecule has 0 aromatic heterocycles. The molecule has 2 aliphatic carbocycles. The standard InChI is InChI=1S/C13H16O/c14-8-13-11-5-1-3-9(11)7-10-4-2-6-12(10)13/h7,14H,1-6,8H2. The van der Waals surface area contributed by atoms with Crippen molar-refractivity contribution in [1.82, 2.24) is 0 Å². The first-order valence-electron chi connectivity index (χ1n) is 5.66. The van der Waals surface area contributed by atoms with E-state index < -0.39 is 0 Å². The zero-order valence-electron chi connectivity index (χ0n) is 8.47. The Morgan fingerprint density at radius 2 is 1.50 bits per heavy atom. The molecule has 0 bridgehead atoms. The first kappa shape index (κ1) is 8.49. The van der Waals surface area contributed by atoms with Crippen molar-refractivity contribution in [2.24, 2.45) is 0 Å². The van der Waals surface area contributed by atoms with Gasteiger partial charge < -0.3 is 5.11 Å². The van der Waals surface area contributed by atoms with Gasteiger partial charge in [-0.3, -0.25) is 0 Å². The van der Waals surface area contributed by atoms with Crippen LogP contribution in [0, 0.1) is 0 Å². The molecular formula is C13H16O. The summed E-state index contributed by atoms with van der Waals surface area (Å²) in [6, 6.07) is 2.41. The molecular weight excluding hydrogens is 172 g/mol. The number of hydrogen-bond donors (Lipinski definition) is 1. The van der Waals surface area contributed by atoms with Gasteiger partial charge in [0.15, 0.2) is 0 Å². The van der Waals surface area contributed by atoms with Crippen LogP contribution in [0.5, 0.6) is 0 Å². The Balaban J connectivity index is 2.24. The average molecular weight is 188 g/mol. The molecule has 0 radical (unpaired) electrons. The highest BCUT2D eigenvalue weighted by atomic mass is 16.3. The van der Waals surface area contributed by atoms with Gasteiger partial charge in [0.25, 0.3) is 0 Å². The lowest BCUT2D eigenvalue weighted by Crippen LogP contribution is -2.00. The van der Waals surface area contributed by atoms with Gasteiger partial charge in [0.05, 0.1) is 6.61 Å². The van der Waals surface area contributed by atoms with Gasteiger partial charge in [-0.15, -0.1) is 0 Å². The topological polar surface area (TPSA) is 20.2 Å². The molecule has 0 unspecified atom stereocenters. The normalized spacial score (nSPS) is 18.4. The van der Waals surface area contributed by atoms with Gasteiger partial charge in [0.2, 0.25) is 0 Å². The van der Waals surface area contributed by atoms with E-state index >= 15 is 0 Å². The van der Waals surface area contributed by atoms with Crippen molar-refractivity contribution in [3.63, 3.8) is 0 Å². The van der Waals surface area contributed by atoms with Crippen molar-refractivity contribution in [3.8, 4) is 0 Å². The molecule has 0 fully saturated rings. The van der Waals surface area contributed by atoms with Crippen molar-refractivity contribution >= 4 is 0 Å².